The van der Waals surface area contributed by atoms with Crippen LogP contribution >= 0.6 is 0 Å². The molecule has 78 valence electrons. The number of nitrogens with zero attached hydrogens (tertiary/aromatic N) is 5. The van der Waals surface area contributed by atoms with E-state index in [4.69, 9.17) is 4.52 Å². The molecule has 0 N–H and O–H groups in total. The maximum atomic E-state index is 5.07. The molecule has 1 aliphatic rings. The lowest BCUT2D eigenvalue weighted by molar-refractivity contribution is 0.325. The maximum absolute atomic E-state index is 5.07. The molecule has 1 fully saturated rings. The highest BCUT2D eigenvalue weighted by molar-refractivity contribution is 5.30. The number of aryl methyl sites for hydroxylation is 1. The number of hydrogen-bond acceptors (Lipinski definition) is 5. The smallest absolute Gasteiger partial charge is 0.320 e. The van der Waals surface area contributed by atoms with Crippen molar-refractivity contribution in [1.29, 1.82) is 0 Å². The van der Waals surface area contributed by atoms with Crippen LogP contribution in [0.3, 0.4) is 0 Å². The highest BCUT2D eigenvalue weighted by Crippen LogP contribution is 2.25. The third kappa shape index (κ3) is 1.38. The van der Waals surface area contributed by atoms with Gasteiger partial charge in [0.15, 0.2) is 5.82 Å². The Morgan fingerprint density at radius 2 is 2.33 bits per heavy atom. The summed E-state index contributed by atoms with van der Waals surface area (Å²) in [5.74, 6) is 0.674. The van der Waals surface area contributed by atoms with E-state index in [9.17, 15) is 0 Å². The van der Waals surface area contributed by atoms with Crippen molar-refractivity contribution < 1.29 is 4.52 Å². The van der Waals surface area contributed by atoms with E-state index in [1.54, 1.807) is 6.20 Å². The SMILES string of the molecule is Cc1noc(N2CC(n3cccn3)C2)n1. The van der Waals surface area contributed by atoms with Crippen molar-refractivity contribution >= 4 is 6.01 Å². The summed E-state index contributed by atoms with van der Waals surface area (Å²) in [4.78, 5) is 6.21. The summed E-state index contributed by atoms with van der Waals surface area (Å²) in [7, 11) is 0. The van der Waals surface area contributed by atoms with Crippen LogP contribution in [0.5, 0.6) is 0 Å². The van der Waals surface area contributed by atoms with E-state index < -0.39 is 0 Å². The second-order valence-electron chi connectivity index (χ2n) is 3.67. The third-order valence-electron chi connectivity index (χ3n) is 2.55. The number of anilines is 1. The molecule has 0 aliphatic carbocycles. The summed E-state index contributed by atoms with van der Waals surface area (Å²) in [5.41, 5.74) is 0. The van der Waals surface area contributed by atoms with Crippen molar-refractivity contribution in [3.8, 4) is 0 Å². The minimum Gasteiger partial charge on any atom is -0.320 e. The van der Waals surface area contributed by atoms with Crippen LogP contribution in [0.2, 0.25) is 0 Å². The first-order valence-corrected chi connectivity index (χ1v) is 4.87. The molecule has 0 aromatic carbocycles. The normalized spacial score (nSPS) is 16.7. The lowest BCUT2D eigenvalue weighted by atomic mass is 10.1. The summed E-state index contributed by atoms with van der Waals surface area (Å²) in [6.45, 7) is 3.57. The third-order valence-corrected chi connectivity index (χ3v) is 2.55. The van der Waals surface area contributed by atoms with Gasteiger partial charge in [0.25, 0.3) is 0 Å². The van der Waals surface area contributed by atoms with Gasteiger partial charge in [0.1, 0.15) is 0 Å². The Bertz CT molecular complexity index is 443. The minimum atomic E-state index is 0.423. The Morgan fingerprint density at radius 1 is 1.47 bits per heavy atom. The molecule has 0 atom stereocenters. The zero-order chi connectivity index (χ0) is 10.3. The van der Waals surface area contributed by atoms with E-state index >= 15 is 0 Å². The van der Waals surface area contributed by atoms with E-state index in [0.717, 1.165) is 13.1 Å². The molecule has 0 saturated carbocycles. The van der Waals surface area contributed by atoms with Gasteiger partial charge in [-0.1, -0.05) is 5.16 Å². The predicted molar refractivity (Wildman–Crippen MR) is 52.5 cm³/mol. The Morgan fingerprint density at radius 3 is 2.93 bits per heavy atom. The number of hydrogen-bond donors (Lipinski definition) is 0. The number of rotatable bonds is 2. The molecule has 15 heavy (non-hydrogen) atoms. The fraction of sp³-hybridized carbons (Fsp3) is 0.444. The lowest BCUT2D eigenvalue weighted by Gasteiger charge is -2.37. The van der Waals surface area contributed by atoms with E-state index in [1.807, 2.05) is 28.8 Å². The molecule has 0 amide bonds. The Hall–Kier alpha value is -1.85. The Kier molecular flexibility index (Phi) is 1.74. The van der Waals surface area contributed by atoms with Gasteiger partial charge >= 0.3 is 6.01 Å². The first-order valence-electron chi connectivity index (χ1n) is 4.87. The molecule has 3 heterocycles. The van der Waals surface area contributed by atoms with Crippen molar-refractivity contribution in [3.63, 3.8) is 0 Å². The average Bonchev–Trinajstić information content (AvgIpc) is 2.74. The van der Waals surface area contributed by atoms with E-state index in [-0.39, 0.29) is 0 Å². The summed E-state index contributed by atoms with van der Waals surface area (Å²) < 4.78 is 7.03. The summed E-state index contributed by atoms with van der Waals surface area (Å²) in [6, 6.07) is 2.96. The second-order valence-corrected chi connectivity index (χ2v) is 3.67. The summed E-state index contributed by atoms with van der Waals surface area (Å²) >= 11 is 0. The van der Waals surface area contributed by atoms with Gasteiger partial charge in [-0.15, -0.1) is 0 Å². The molecule has 0 bridgehead atoms. The van der Waals surface area contributed by atoms with Gasteiger partial charge in [-0.3, -0.25) is 4.68 Å². The van der Waals surface area contributed by atoms with E-state index in [0.29, 0.717) is 17.9 Å². The zero-order valence-corrected chi connectivity index (χ0v) is 8.37. The molecule has 6 nitrogen and oxygen atoms in total. The molecule has 2 aromatic rings. The van der Waals surface area contributed by atoms with Crippen LogP contribution in [0.15, 0.2) is 23.0 Å². The van der Waals surface area contributed by atoms with Gasteiger partial charge in [0.05, 0.1) is 6.04 Å². The van der Waals surface area contributed by atoms with Gasteiger partial charge in [0.2, 0.25) is 0 Å². The van der Waals surface area contributed by atoms with Crippen molar-refractivity contribution in [1.82, 2.24) is 19.9 Å². The lowest BCUT2D eigenvalue weighted by Crippen LogP contribution is -2.48. The van der Waals surface area contributed by atoms with E-state index in [2.05, 4.69) is 15.2 Å². The van der Waals surface area contributed by atoms with Crippen LogP contribution in [-0.2, 0) is 0 Å². The van der Waals surface area contributed by atoms with Crippen LogP contribution in [0.25, 0.3) is 0 Å². The highest BCUT2D eigenvalue weighted by Gasteiger charge is 2.31. The fourth-order valence-corrected chi connectivity index (χ4v) is 1.69. The van der Waals surface area contributed by atoms with Crippen molar-refractivity contribution in [2.24, 2.45) is 0 Å². The van der Waals surface area contributed by atoms with Gasteiger partial charge in [-0.2, -0.15) is 10.1 Å². The Balaban J connectivity index is 1.67. The quantitative estimate of drug-likeness (QED) is 0.719. The van der Waals surface area contributed by atoms with Crippen LogP contribution in [0, 0.1) is 6.92 Å². The summed E-state index contributed by atoms with van der Waals surface area (Å²) in [6.07, 6.45) is 3.76. The molecule has 3 rings (SSSR count). The largest absolute Gasteiger partial charge is 0.324 e. The molecule has 1 aliphatic heterocycles. The molecule has 0 spiro atoms. The minimum absolute atomic E-state index is 0.423. The van der Waals surface area contributed by atoms with Crippen LogP contribution < -0.4 is 4.90 Å². The van der Waals surface area contributed by atoms with Gasteiger partial charge < -0.3 is 9.42 Å². The first-order chi connectivity index (χ1) is 7.33. The molecule has 2 aromatic heterocycles. The summed E-state index contributed by atoms with van der Waals surface area (Å²) in [5, 5.41) is 7.95. The fourth-order valence-electron chi connectivity index (χ4n) is 1.69. The van der Waals surface area contributed by atoms with Crippen LogP contribution in [0.1, 0.15) is 11.9 Å². The van der Waals surface area contributed by atoms with Crippen LogP contribution in [-0.4, -0.2) is 33.0 Å². The Labute approximate surface area is 86.5 Å². The molecular weight excluding hydrogens is 194 g/mol. The van der Waals surface area contributed by atoms with Gasteiger partial charge in [0, 0.05) is 25.5 Å². The average molecular weight is 205 g/mol. The van der Waals surface area contributed by atoms with Crippen molar-refractivity contribution in [3.05, 3.63) is 24.3 Å². The number of aromatic nitrogens is 4. The monoisotopic (exact) mass is 205 g/mol. The van der Waals surface area contributed by atoms with Gasteiger partial charge in [-0.05, 0) is 13.0 Å². The van der Waals surface area contributed by atoms with Crippen molar-refractivity contribution in [2.45, 2.75) is 13.0 Å². The molecule has 0 unspecified atom stereocenters. The standard InChI is InChI=1S/C9H11N5O/c1-7-11-9(15-12-7)13-5-8(6-13)14-4-2-3-10-14/h2-4,8H,5-6H2,1H3. The van der Waals surface area contributed by atoms with Gasteiger partial charge in [-0.25, -0.2) is 0 Å². The topological polar surface area (TPSA) is 60.0 Å². The molecular formula is C9H11N5O. The molecule has 6 heteroatoms. The predicted octanol–water partition coefficient (Wildman–Crippen LogP) is 0.636. The second kappa shape index (κ2) is 3.08. The zero-order valence-electron chi connectivity index (χ0n) is 8.37. The van der Waals surface area contributed by atoms with Crippen LogP contribution in [0.4, 0.5) is 6.01 Å². The first kappa shape index (κ1) is 8.46. The molecule has 1 saturated heterocycles. The van der Waals surface area contributed by atoms with Crippen molar-refractivity contribution in [2.75, 3.05) is 18.0 Å². The molecule has 0 radical (unpaired) electrons. The van der Waals surface area contributed by atoms with E-state index in [1.165, 1.54) is 0 Å². The maximum Gasteiger partial charge on any atom is 0.324 e. The highest BCUT2D eigenvalue weighted by atomic mass is 16.5.